The normalized spacial score (nSPS) is 23.2. The second-order valence-corrected chi connectivity index (χ2v) is 6.96. The van der Waals surface area contributed by atoms with Gasteiger partial charge in [0.1, 0.15) is 0 Å². The zero-order valence-electron chi connectivity index (χ0n) is 10.6. The van der Waals surface area contributed by atoms with Crippen molar-refractivity contribution in [3.05, 3.63) is 29.3 Å². The van der Waals surface area contributed by atoms with Crippen molar-refractivity contribution in [1.82, 2.24) is 4.31 Å². The molecular formula is C12H17ClN2O3S. The van der Waals surface area contributed by atoms with Gasteiger partial charge in [0.05, 0.1) is 17.6 Å². The van der Waals surface area contributed by atoms with Gasteiger partial charge in [-0.3, -0.25) is 0 Å². The Labute approximate surface area is 118 Å². The second-order valence-electron chi connectivity index (χ2n) is 4.59. The minimum atomic E-state index is -3.54. The molecule has 0 aromatic heterocycles. The highest BCUT2D eigenvalue weighted by molar-refractivity contribution is 7.89. The van der Waals surface area contributed by atoms with Gasteiger partial charge in [-0.2, -0.15) is 4.31 Å². The van der Waals surface area contributed by atoms with E-state index in [4.69, 9.17) is 22.1 Å². The molecule has 1 fully saturated rings. The summed E-state index contributed by atoms with van der Waals surface area (Å²) in [5.74, 6) is 0. The van der Waals surface area contributed by atoms with Crippen LogP contribution >= 0.6 is 11.6 Å². The molecule has 2 N–H and O–H groups in total. The van der Waals surface area contributed by atoms with Crippen LogP contribution in [0.4, 0.5) is 0 Å². The molecule has 2 rings (SSSR count). The van der Waals surface area contributed by atoms with E-state index >= 15 is 0 Å². The van der Waals surface area contributed by atoms with Crippen LogP contribution in [0.5, 0.6) is 0 Å². The van der Waals surface area contributed by atoms with E-state index in [9.17, 15) is 8.42 Å². The summed E-state index contributed by atoms with van der Waals surface area (Å²) in [5.41, 5.74) is 5.77. The van der Waals surface area contributed by atoms with Crippen molar-refractivity contribution in [3.8, 4) is 0 Å². The van der Waals surface area contributed by atoms with E-state index in [2.05, 4.69) is 0 Å². The molecule has 2 atom stereocenters. The summed E-state index contributed by atoms with van der Waals surface area (Å²) in [4.78, 5) is 0.199. The van der Waals surface area contributed by atoms with Gasteiger partial charge < -0.3 is 10.5 Å². The summed E-state index contributed by atoms with van der Waals surface area (Å²) >= 11 is 5.84. The van der Waals surface area contributed by atoms with Crippen LogP contribution in [-0.4, -0.2) is 44.6 Å². The van der Waals surface area contributed by atoms with E-state index < -0.39 is 10.0 Å². The van der Waals surface area contributed by atoms with Gasteiger partial charge in [0.25, 0.3) is 0 Å². The van der Waals surface area contributed by atoms with Gasteiger partial charge in [-0.1, -0.05) is 17.7 Å². The summed E-state index contributed by atoms with van der Waals surface area (Å²) in [6.07, 6.45) is -0.275. The predicted molar refractivity (Wildman–Crippen MR) is 73.6 cm³/mol. The number of nitrogens with zero attached hydrogens (tertiary/aromatic N) is 1. The van der Waals surface area contributed by atoms with Gasteiger partial charge in [0.15, 0.2) is 0 Å². The molecule has 0 spiro atoms. The fraction of sp³-hybridized carbons (Fsp3) is 0.500. The summed E-state index contributed by atoms with van der Waals surface area (Å²) < 4.78 is 31.8. The Morgan fingerprint density at radius 2 is 2.26 bits per heavy atom. The van der Waals surface area contributed by atoms with Crippen molar-refractivity contribution < 1.29 is 13.2 Å². The first-order valence-corrected chi connectivity index (χ1v) is 7.86. The molecule has 1 aliphatic heterocycles. The maximum atomic E-state index is 12.5. The highest BCUT2D eigenvalue weighted by Gasteiger charge is 2.32. The number of morpholine rings is 1. The van der Waals surface area contributed by atoms with Crippen molar-refractivity contribution in [2.45, 2.75) is 24.0 Å². The number of nitrogens with two attached hydrogens (primary N) is 1. The molecule has 0 saturated carbocycles. The van der Waals surface area contributed by atoms with Crippen LogP contribution < -0.4 is 5.73 Å². The van der Waals surface area contributed by atoms with Gasteiger partial charge in [-0.25, -0.2) is 8.42 Å². The highest BCUT2D eigenvalue weighted by atomic mass is 35.5. The molecule has 1 aromatic rings. The predicted octanol–water partition coefficient (Wildman–Crippen LogP) is 1.08. The van der Waals surface area contributed by atoms with Crippen LogP contribution in [0.25, 0.3) is 0 Å². The second kappa shape index (κ2) is 5.76. The smallest absolute Gasteiger partial charge is 0.243 e. The number of rotatable bonds is 3. The third-order valence-corrected chi connectivity index (χ3v) is 5.17. The quantitative estimate of drug-likeness (QED) is 0.907. The Hall–Kier alpha value is -0.660. The molecule has 2 unspecified atom stereocenters. The minimum Gasteiger partial charge on any atom is -0.374 e. The lowest BCUT2D eigenvalue weighted by atomic mass is 10.2. The van der Waals surface area contributed by atoms with Crippen molar-refractivity contribution in [2.24, 2.45) is 5.73 Å². The highest BCUT2D eigenvalue weighted by Crippen LogP contribution is 2.22. The Balaban J connectivity index is 2.24. The fourth-order valence-electron chi connectivity index (χ4n) is 1.96. The molecule has 1 aromatic carbocycles. The number of benzene rings is 1. The molecule has 106 valence electrons. The number of sulfonamides is 1. The zero-order chi connectivity index (χ0) is 14.0. The lowest BCUT2D eigenvalue weighted by molar-refractivity contribution is -0.0120. The summed E-state index contributed by atoms with van der Waals surface area (Å²) in [6.45, 7) is 2.76. The van der Waals surface area contributed by atoms with E-state index in [0.29, 0.717) is 18.2 Å². The standard InChI is InChI=1S/C12H17ClN2O3S/c1-9(14)12-8-15(5-6-18-12)19(16,17)11-4-2-3-10(13)7-11/h2-4,7,9,12H,5-6,8,14H2,1H3. The van der Waals surface area contributed by atoms with Crippen LogP contribution in [0.3, 0.4) is 0 Å². The zero-order valence-corrected chi connectivity index (χ0v) is 12.2. The molecule has 5 nitrogen and oxygen atoms in total. The number of ether oxygens (including phenoxy) is 1. The fourth-order valence-corrected chi connectivity index (χ4v) is 3.70. The molecule has 1 saturated heterocycles. The molecule has 19 heavy (non-hydrogen) atoms. The van der Waals surface area contributed by atoms with E-state index in [1.165, 1.54) is 16.4 Å². The Morgan fingerprint density at radius 3 is 2.89 bits per heavy atom. The first-order valence-electron chi connectivity index (χ1n) is 6.04. The molecule has 7 heteroatoms. The molecule has 0 radical (unpaired) electrons. The monoisotopic (exact) mass is 304 g/mol. The van der Waals surface area contributed by atoms with Gasteiger partial charge >= 0.3 is 0 Å². The third-order valence-electron chi connectivity index (χ3n) is 3.08. The van der Waals surface area contributed by atoms with E-state index in [-0.39, 0.29) is 23.6 Å². The van der Waals surface area contributed by atoms with E-state index in [1.807, 2.05) is 0 Å². The molecule has 0 amide bonds. The van der Waals surface area contributed by atoms with Crippen LogP contribution in [0.15, 0.2) is 29.2 Å². The molecule has 1 aliphatic rings. The number of hydrogen-bond donors (Lipinski definition) is 1. The maximum absolute atomic E-state index is 12.5. The van der Waals surface area contributed by atoms with Crippen LogP contribution in [0.1, 0.15) is 6.92 Å². The number of hydrogen-bond acceptors (Lipinski definition) is 4. The van der Waals surface area contributed by atoms with Gasteiger partial charge in [-0.15, -0.1) is 0 Å². The third kappa shape index (κ3) is 3.27. The number of halogens is 1. The summed E-state index contributed by atoms with van der Waals surface area (Å²) in [5, 5.41) is 0.401. The van der Waals surface area contributed by atoms with Crippen molar-refractivity contribution in [3.63, 3.8) is 0 Å². The average Bonchev–Trinajstić information content (AvgIpc) is 2.39. The Bertz CT molecular complexity index is 548. The molecule has 0 bridgehead atoms. The largest absolute Gasteiger partial charge is 0.374 e. The van der Waals surface area contributed by atoms with E-state index in [1.54, 1.807) is 19.1 Å². The lowest BCUT2D eigenvalue weighted by Crippen LogP contribution is -2.51. The van der Waals surface area contributed by atoms with E-state index in [0.717, 1.165) is 0 Å². The minimum absolute atomic E-state index is 0.199. The van der Waals surface area contributed by atoms with Crippen LogP contribution in [0.2, 0.25) is 5.02 Å². The van der Waals surface area contributed by atoms with Gasteiger partial charge in [-0.05, 0) is 25.1 Å². The van der Waals surface area contributed by atoms with Gasteiger partial charge in [0, 0.05) is 24.2 Å². The van der Waals surface area contributed by atoms with Gasteiger partial charge in [0.2, 0.25) is 10.0 Å². The van der Waals surface area contributed by atoms with Crippen LogP contribution in [0, 0.1) is 0 Å². The summed E-state index contributed by atoms with van der Waals surface area (Å²) in [6, 6.07) is 6.05. The van der Waals surface area contributed by atoms with Crippen molar-refractivity contribution >= 4 is 21.6 Å². The average molecular weight is 305 g/mol. The van der Waals surface area contributed by atoms with Crippen molar-refractivity contribution in [1.29, 1.82) is 0 Å². The molecule has 0 aliphatic carbocycles. The Morgan fingerprint density at radius 1 is 1.53 bits per heavy atom. The molecular weight excluding hydrogens is 288 g/mol. The van der Waals surface area contributed by atoms with Crippen LogP contribution in [-0.2, 0) is 14.8 Å². The SMILES string of the molecule is CC(N)C1CN(S(=O)(=O)c2cccc(Cl)c2)CCO1. The van der Waals surface area contributed by atoms with Crippen molar-refractivity contribution in [2.75, 3.05) is 19.7 Å². The maximum Gasteiger partial charge on any atom is 0.243 e. The first kappa shape index (κ1) is 14.7. The topological polar surface area (TPSA) is 72.6 Å². The lowest BCUT2D eigenvalue weighted by Gasteiger charge is -2.33. The Kier molecular flexibility index (Phi) is 4.47. The first-order chi connectivity index (χ1) is 8.91. The molecule has 1 heterocycles. The summed E-state index contributed by atoms with van der Waals surface area (Å²) in [7, 11) is -3.54.